The predicted molar refractivity (Wildman–Crippen MR) is 150 cm³/mol. The van der Waals surface area contributed by atoms with Gasteiger partial charge >= 0.3 is 0 Å². The van der Waals surface area contributed by atoms with E-state index in [1.54, 1.807) is 0 Å². The van der Waals surface area contributed by atoms with Crippen molar-refractivity contribution in [2.75, 3.05) is 11.9 Å². The van der Waals surface area contributed by atoms with Gasteiger partial charge in [-0.25, -0.2) is 0 Å². The van der Waals surface area contributed by atoms with Gasteiger partial charge in [-0.2, -0.15) is 0 Å². The van der Waals surface area contributed by atoms with E-state index in [9.17, 15) is 9.59 Å². The molecular weight excluding hydrogens is 456 g/mol. The molecule has 0 radical (unpaired) electrons. The van der Waals surface area contributed by atoms with Crippen molar-refractivity contribution in [3.05, 3.63) is 101 Å². The highest BCUT2D eigenvalue weighted by Crippen LogP contribution is 2.44. The molecule has 1 N–H and O–H groups in total. The number of nitrogens with zero attached hydrogens (tertiary/aromatic N) is 1. The molecule has 1 aliphatic heterocycles. The molecule has 2 fully saturated rings. The number of piperidine rings is 1. The standard InChI is InChI=1S/C33H38N2O2/c1-22-11-8-16-27(23-18-19-23)29(22)32(37)35-20-10-17-28(30(35)24-12-6-5-7-13-24)31(36)34-26-15-9-14-25(21-26)33(2,3)4/h5-9,11-16,21,23,28,30H,10,17-20H2,1-4H3,(H,34,36)/t28-,30?/m0/s1. The van der Waals surface area contributed by atoms with Crippen LogP contribution in [0.3, 0.4) is 0 Å². The largest absolute Gasteiger partial charge is 0.331 e. The number of rotatable bonds is 5. The zero-order chi connectivity index (χ0) is 26.2. The summed E-state index contributed by atoms with van der Waals surface area (Å²) in [6.45, 7) is 9.20. The highest BCUT2D eigenvalue weighted by molar-refractivity contribution is 5.99. The molecule has 0 aromatic heterocycles. The molecule has 1 unspecified atom stereocenters. The zero-order valence-corrected chi connectivity index (χ0v) is 22.5. The van der Waals surface area contributed by atoms with E-state index in [2.05, 4.69) is 62.5 Å². The number of carbonyl (C=O) groups excluding carboxylic acids is 2. The minimum Gasteiger partial charge on any atom is -0.331 e. The Bertz CT molecular complexity index is 1290. The number of hydrogen-bond donors (Lipinski definition) is 1. The average Bonchev–Trinajstić information content (AvgIpc) is 3.73. The Morgan fingerprint density at radius 3 is 2.32 bits per heavy atom. The Morgan fingerprint density at radius 2 is 1.62 bits per heavy atom. The van der Waals surface area contributed by atoms with Crippen LogP contribution in [0.4, 0.5) is 5.69 Å². The second-order valence-electron chi connectivity index (χ2n) is 11.7. The SMILES string of the molecule is Cc1cccc(C2CC2)c1C(=O)N1CCC[C@H](C(=O)Nc2cccc(C(C)(C)C)c2)C1c1ccccc1. The van der Waals surface area contributed by atoms with Crippen molar-refractivity contribution in [3.8, 4) is 0 Å². The summed E-state index contributed by atoms with van der Waals surface area (Å²) >= 11 is 0. The first-order valence-corrected chi connectivity index (χ1v) is 13.6. The van der Waals surface area contributed by atoms with Crippen LogP contribution in [0, 0.1) is 12.8 Å². The molecule has 3 aromatic carbocycles. The third-order valence-electron chi connectivity index (χ3n) is 7.90. The van der Waals surface area contributed by atoms with Crippen LogP contribution in [-0.2, 0) is 10.2 Å². The zero-order valence-electron chi connectivity index (χ0n) is 22.5. The Kier molecular flexibility index (Phi) is 6.94. The van der Waals surface area contributed by atoms with E-state index < -0.39 is 0 Å². The van der Waals surface area contributed by atoms with Crippen molar-refractivity contribution < 1.29 is 9.59 Å². The van der Waals surface area contributed by atoms with Gasteiger partial charge < -0.3 is 10.2 Å². The van der Waals surface area contributed by atoms with Crippen LogP contribution >= 0.6 is 0 Å². The summed E-state index contributed by atoms with van der Waals surface area (Å²) in [5.41, 5.74) is 6.02. The Labute approximate surface area is 221 Å². The van der Waals surface area contributed by atoms with Crippen LogP contribution in [0.1, 0.15) is 91.0 Å². The van der Waals surface area contributed by atoms with Gasteiger partial charge in [-0.15, -0.1) is 0 Å². The molecule has 192 valence electrons. The van der Waals surface area contributed by atoms with Gasteiger partial charge in [0.05, 0.1) is 12.0 Å². The molecule has 1 heterocycles. The first-order valence-electron chi connectivity index (χ1n) is 13.6. The summed E-state index contributed by atoms with van der Waals surface area (Å²) in [6, 6.07) is 24.1. The van der Waals surface area contributed by atoms with E-state index in [4.69, 9.17) is 0 Å². The molecule has 2 atom stereocenters. The normalized spacial score (nSPS) is 19.9. The van der Waals surface area contributed by atoms with Gasteiger partial charge in [-0.3, -0.25) is 9.59 Å². The van der Waals surface area contributed by atoms with Crippen molar-refractivity contribution in [1.82, 2.24) is 4.90 Å². The molecule has 0 bridgehead atoms. The Hall–Kier alpha value is -3.40. The maximum atomic E-state index is 14.2. The van der Waals surface area contributed by atoms with E-state index in [0.29, 0.717) is 12.5 Å². The maximum Gasteiger partial charge on any atom is 0.254 e. The van der Waals surface area contributed by atoms with E-state index in [-0.39, 0.29) is 29.2 Å². The van der Waals surface area contributed by atoms with Crippen molar-refractivity contribution in [1.29, 1.82) is 0 Å². The minimum atomic E-state index is -0.327. The van der Waals surface area contributed by atoms with Gasteiger partial charge in [0.1, 0.15) is 0 Å². The number of benzene rings is 3. The topological polar surface area (TPSA) is 49.4 Å². The van der Waals surface area contributed by atoms with Gasteiger partial charge in [0.15, 0.2) is 0 Å². The molecule has 2 aliphatic rings. The number of nitrogens with one attached hydrogen (secondary N) is 1. The number of amides is 2. The number of carbonyl (C=O) groups is 2. The molecular formula is C33H38N2O2. The molecule has 4 nitrogen and oxygen atoms in total. The molecule has 37 heavy (non-hydrogen) atoms. The Balaban J connectivity index is 1.49. The highest BCUT2D eigenvalue weighted by atomic mass is 16.2. The fraction of sp³-hybridized carbons (Fsp3) is 0.394. The van der Waals surface area contributed by atoms with E-state index in [0.717, 1.165) is 48.1 Å². The summed E-state index contributed by atoms with van der Waals surface area (Å²) in [5, 5.41) is 3.20. The van der Waals surface area contributed by atoms with Crippen LogP contribution in [0.15, 0.2) is 72.8 Å². The maximum absolute atomic E-state index is 14.2. The summed E-state index contributed by atoms with van der Waals surface area (Å²) in [6.07, 6.45) is 3.84. The van der Waals surface area contributed by atoms with Crippen molar-refractivity contribution in [2.45, 2.75) is 70.8 Å². The van der Waals surface area contributed by atoms with E-state index >= 15 is 0 Å². The third kappa shape index (κ3) is 5.34. The van der Waals surface area contributed by atoms with Crippen LogP contribution in [0.25, 0.3) is 0 Å². The number of hydrogen-bond acceptors (Lipinski definition) is 2. The predicted octanol–water partition coefficient (Wildman–Crippen LogP) is 7.40. The lowest BCUT2D eigenvalue weighted by Crippen LogP contribution is -2.46. The number of likely N-dealkylation sites (tertiary alicyclic amines) is 1. The van der Waals surface area contributed by atoms with Gasteiger partial charge in [-0.05, 0) is 78.3 Å². The summed E-state index contributed by atoms with van der Waals surface area (Å²) in [5.74, 6) is 0.186. The second kappa shape index (κ2) is 10.2. The van der Waals surface area contributed by atoms with E-state index in [1.165, 1.54) is 11.1 Å². The van der Waals surface area contributed by atoms with Crippen molar-refractivity contribution in [3.63, 3.8) is 0 Å². The molecule has 5 rings (SSSR count). The molecule has 2 amide bonds. The molecule has 0 spiro atoms. The van der Waals surface area contributed by atoms with Crippen molar-refractivity contribution in [2.24, 2.45) is 5.92 Å². The second-order valence-corrected chi connectivity index (χ2v) is 11.7. The number of aryl methyl sites for hydroxylation is 1. The monoisotopic (exact) mass is 494 g/mol. The van der Waals surface area contributed by atoms with Gasteiger partial charge in [0, 0.05) is 17.8 Å². The molecule has 1 saturated heterocycles. The van der Waals surface area contributed by atoms with Gasteiger partial charge in [0.25, 0.3) is 5.91 Å². The molecule has 3 aromatic rings. The van der Waals surface area contributed by atoms with Crippen molar-refractivity contribution >= 4 is 17.5 Å². The van der Waals surface area contributed by atoms with Crippen LogP contribution in [-0.4, -0.2) is 23.3 Å². The van der Waals surface area contributed by atoms with Crippen LogP contribution in [0.2, 0.25) is 0 Å². The lowest BCUT2D eigenvalue weighted by Gasteiger charge is -2.41. The molecule has 4 heteroatoms. The van der Waals surface area contributed by atoms with Crippen LogP contribution < -0.4 is 5.32 Å². The summed E-state index contributed by atoms with van der Waals surface area (Å²) in [4.78, 5) is 30.0. The number of anilines is 1. The fourth-order valence-corrected chi connectivity index (χ4v) is 5.72. The van der Waals surface area contributed by atoms with Gasteiger partial charge in [0.2, 0.25) is 5.91 Å². The quantitative estimate of drug-likeness (QED) is 0.402. The first-order chi connectivity index (χ1) is 17.7. The highest BCUT2D eigenvalue weighted by Gasteiger charge is 2.41. The third-order valence-corrected chi connectivity index (χ3v) is 7.90. The fourth-order valence-electron chi connectivity index (χ4n) is 5.72. The lowest BCUT2D eigenvalue weighted by atomic mass is 9.82. The van der Waals surface area contributed by atoms with Gasteiger partial charge in [-0.1, -0.05) is 81.4 Å². The average molecular weight is 495 g/mol. The van der Waals surface area contributed by atoms with E-state index in [1.807, 2.05) is 48.2 Å². The lowest BCUT2D eigenvalue weighted by molar-refractivity contribution is -0.123. The summed E-state index contributed by atoms with van der Waals surface area (Å²) in [7, 11) is 0. The smallest absolute Gasteiger partial charge is 0.254 e. The first kappa shape index (κ1) is 25.3. The minimum absolute atomic E-state index is 0.00578. The molecule has 1 saturated carbocycles. The summed E-state index contributed by atoms with van der Waals surface area (Å²) < 4.78 is 0. The Morgan fingerprint density at radius 1 is 0.892 bits per heavy atom. The van der Waals surface area contributed by atoms with Crippen LogP contribution in [0.5, 0.6) is 0 Å². The molecule has 1 aliphatic carbocycles.